The van der Waals surface area contributed by atoms with Gasteiger partial charge in [-0.05, 0) is 32.8 Å². The summed E-state index contributed by atoms with van der Waals surface area (Å²) in [6, 6.07) is 1.82. The van der Waals surface area contributed by atoms with Crippen molar-refractivity contribution < 1.29 is 18.0 Å². The van der Waals surface area contributed by atoms with Gasteiger partial charge in [0, 0.05) is 28.9 Å². The first-order valence-corrected chi connectivity index (χ1v) is 11.9. The highest BCUT2D eigenvalue weighted by molar-refractivity contribution is 7.17. The number of nitrogens with one attached hydrogen (secondary N) is 1. The van der Waals surface area contributed by atoms with E-state index in [9.17, 15) is 18.0 Å². The second-order valence-electron chi connectivity index (χ2n) is 7.61. The fourth-order valence-corrected chi connectivity index (χ4v) is 5.70. The minimum atomic E-state index is -4.42. The number of rotatable bonds is 5. The molecule has 0 aliphatic carbocycles. The average Bonchev–Trinajstić information content (AvgIpc) is 3.44. The Bertz CT molecular complexity index is 1110. The van der Waals surface area contributed by atoms with E-state index < -0.39 is 17.6 Å². The largest absolute Gasteiger partial charge is 0.417 e. The van der Waals surface area contributed by atoms with Crippen LogP contribution < -0.4 is 5.32 Å². The lowest BCUT2D eigenvalue weighted by Crippen LogP contribution is -2.31. The zero-order chi connectivity index (χ0) is 23.0. The number of hydrogen-bond acceptors (Lipinski definition) is 7. The molecule has 0 saturated carbocycles. The number of carbonyl (C=O) groups is 1. The van der Waals surface area contributed by atoms with Crippen molar-refractivity contribution in [2.24, 2.45) is 0 Å². The monoisotopic (exact) mass is 501 g/mol. The predicted octanol–water partition coefficient (Wildman–Crippen LogP) is 5.96. The van der Waals surface area contributed by atoms with Gasteiger partial charge in [0.05, 0.1) is 28.5 Å². The van der Waals surface area contributed by atoms with Crippen molar-refractivity contribution in [1.29, 1.82) is 0 Å². The molecule has 3 aromatic rings. The molecule has 3 aromatic heterocycles. The number of nitrogens with zero attached hydrogens (tertiary/aromatic N) is 4. The summed E-state index contributed by atoms with van der Waals surface area (Å²) in [4.78, 5) is 28.3. The number of alkyl halides is 3. The highest BCUT2D eigenvalue weighted by Crippen LogP contribution is 2.41. The number of likely N-dealkylation sites (tertiary alicyclic amines) is 1. The molecule has 2 atom stereocenters. The van der Waals surface area contributed by atoms with Crippen molar-refractivity contribution in [2.75, 3.05) is 5.32 Å². The number of thiazole rings is 1. The van der Waals surface area contributed by atoms with Crippen LogP contribution >= 0.6 is 34.3 Å². The molecule has 1 aliphatic rings. The van der Waals surface area contributed by atoms with E-state index in [0.29, 0.717) is 34.3 Å². The lowest BCUT2D eigenvalue weighted by molar-refractivity contribution is -0.137. The van der Waals surface area contributed by atoms with E-state index in [1.807, 2.05) is 0 Å². The van der Waals surface area contributed by atoms with Crippen molar-refractivity contribution in [1.82, 2.24) is 19.9 Å². The van der Waals surface area contributed by atoms with Gasteiger partial charge in [0.2, 0.25) is 0 Å². The highest BCUT2D eigenvalue weighted by Gasteiger charge is 2.33. The second kappa shape index (κ2) is 9.05. The van der Waals surface area contributed by atoms with Crippen LogP contribution in [0, 0.1) is 0 Å². The van der Waals surface area contributed by atoms with Crippen LogP contribution in [0.25, 0.3) is 10.6 Å². The van der Waals surface area contributed by atoms with Gasteiger partial charge in [-0.1, -0.05) is 22.9 Å². The van der Waals surface area contributed by atoms with Crippen molar-refractivity contribution in [3.8, 4) is 10.6 Å². The molecule has 1 fully saturated rings. The van der Waals surface area contributed by atoms with E-state index in [1.165, 1.54) is 23.7 Å². The lowest BCUT2D eigenvalue weighted by atomic mass is 10.2. The first-order chi connectivity index (χ1) is 15.1. The molecular weight excluding hydrogens is 483 g/mol. The Balaban J connectivity index is 1.65. The molecule has 1 saturated heterocycles. The standard InChI is InChI=1S/C20H19ClF3N5OS2/c1-10-3-4-11(2)29(10)8-15-17(14-5-12(9-31-14)20(22,23)24)27-19(32-15)28-18(30)13-6-26-16(21)7-25-13/h5-7,9-11H,3-4,8H2,1-2H3,(H,27,28,30)/t10-,11-/m1/s1. The molecule has 0 radical (unpaired) electrons. The number of hydrogen-bond donors (Lipinski definition) is 1. The van der Waals surface area contributed by atoms with Gasteiger partial charge in [-0.25, -0.2) is 15.0 Å². The Hall–Kier alpha value is -2.08. The van der Waals surface area contributed by atoms with Crippen LogP contribution in [0.15, 0.2) is 23.8 Å². The van der Waals surface area contributed by atoms with E-state index in [-0.39, 0.29) is 10.8 Å². The Morgan fingerprint density at radius 1 is 1.25 bits per heavy atom. The van der Waals surface area contributed by atoms with Gasteiger partial charge in [0.1, 0.15) is 10.8 Å². The van der Waals surface area contributed by atoms with Gasteiger partial charge in [-0.3, -0.25) is 15.0 Å². The summed E-state index contributed by atoms with van der Waals surface area (Å²) < 4.78 is 39.4. The van der Waals surface area contributed by atoms with Gasteiger partial charge in [0.25, 0.3) is 5.91 Å². The minimum absolute atomic E-state index is 0.0602. The quantitative estimate of drug-likeness (QED) is 0.467. The topological polar surface area (TPSA) is 71.0 Å². The van der Waals surface area contributed by atoms with Gasteiger partial charge >= 0.3 is 6.18 Å². The normalized spacial score (nSPS) is 19.4. The van der Waals surface area contributed by atoms with Crippen LogP contribution in [-0.2, 0) is 12.7 Å². The van der Waals surface area contributed by atoms with Crippen LogP contribution in [0.2, 0.25) is 5.15 Å². The molecule has 0 bridgehead atoms. The minimum Gasteiger partial charge on any atom is -0.296 e. The average molecular weight is 502 g/mol. The molecule has 4 heterocycles. The van der Waals surface area contributed by atoms with Crippen LogP contribution in [0.1, 0.15) is 47.6 Å². The first-order valence-electron chi connectivity index (χ1n) is 9.82. The Labute approximate surface area is 195 Å². The van der Waals surface area contributed by atoms with E-state index in [1.54, 1.807) is 0 Å². The molecule has 0 spiro atoms. The number of thiophene rings is 1. The van der Waals surface area contributed by atoms with Gasteiger partial charge in [-0.15, -0.1) is 11.3 Å². The molecule has 4 rings (SSSR count). The van der Waals surface area contributed by atoms with E-state index in [0.717, 1.165) is 40.5 Å². The third-order valence-corrected chi connectivity index (χ3v) is 7.48. The fraction of sp³-hybridized carbons (Fsp3) is 0.400. The van der Waals surface area contributed by atoms with Crippen molar-refractivity contribution in [2.45, 2.75) is 51.5 Å². The SMILES string of the molecule is C[C@@H]1CC[C@@H](C)N1Cc1sc(NC(=O)c2cnc(Cl)cn2)nc1-c1cc(C(F)(F)F)cs1. The molecule has 32 heavy (non-hydrogen) atoms. The smallest absolute Gasteiger partial charge is 0.296 e. The van der Waals surface area contributed by atoms with E-state index in [2.05, 4.69) is 39.0 Å². The summed E-state index contributed by atoms with van der Waals surface area (Å²) in [6.45, 7) is 4.82. The second-order valence-corrected chi connectivity index (χ2v) is 10.00. The van der Waals surface area contributed by atoms with Gasteiger partial charge in [-0.2, -0.15) is 13.2 Å². The summed E-state index contributed by atoms with van der Waals surface area (Å²) in [5.41, 5.74) is -0.189. The first kappa shape index (κ1) is 23.1. The third kappa shape index (κ3) is 4.95. The molecule has 1 aliphatic heterocycles. The molecule has 170 valence electrons. The maximum Gasteiger partial charge on any atom is 0.417 e. The molecule has 1 amide bonds. The third-order valence-electron chi connectivity index (χ3n) is 5.39. The summed E-state index contributed by atoms with van der Waals surface area (Å²) in [6.07, 6.45) is 0.204. The molecule has 0 aromatic carbocycles. The molecule has 0 unspecified atom stereocenters. The summed E-state index contributed by atoms with van der Waals surface area (Å²) >= 11 is 7.95. The fourth-order valence-electron chi connectivity index (χ4n) is 3.63. The zero-order valence-corrected chi connectivity index (χ0v) is 19.5. The predicted molar refractivity (Wildman–Crippen MR) is 119 cm³/mol. The van der Waals surface area contributed by atoms with E-state index >= 15 is 0 Å². The van der Waals surface area contributed by atoms with Gasteiger partial charge < -0.3 is 0 Å². The van der Waals surface area contributed by atoms with Crippen LogP contribution in [0.3, 0.4) is 0 Å². The maximum absolute atomic E-state index is 13.1. The number of halogens is 4. The Morgan fingerprint density at radius 3 is 2.56 bits per heavy atom. The van der Waals surface area contributed by atoms with E-state index in [4.69, 9.17) is 11.6 Å². The zero-order valence-electron chi connectivity index (χ0n) is 17.1. The van der Waals surface area contributed by atoms with Crippen molar-refractivity contribution >= 4 is 45.3 Å². The molecule has 12 heteroatoms. The van der Waals surface area contributed by atoms with Crippen molar-refractivity contribution in [3.05, 3.63) is 45.1 Å². The van der Waals surface area contributed by atoms with Crippen LogP contribution in [0.4, 0.5) is 18.3 Å². The lowest BCUT2D eigenvalue weighted by Gasteiger charge is -2.25. The molecule has 1 N–H and O–H groups in total. The maximum atomic E-state index is 13.1. The summed E-state index contributed by atoms with van der Waals surface area (Å²) in [7, 11) is 0. The van der Waals surface area contributed by atoms with Crippen LogP contribution in [-0.4, -0.2) is 37.8 Å². The van der Waals surface area contributed by atoms with Crippen LogP contribution in [0.5, 0.6) is 0 Å². The number of aromatic nitrogens is 3. The number of amides is 1. The molecule has 6 nitrogen and oxygen atoms in total. The summed E-state index contributed by atoms with van der Waals surface area (Å²) in [5.74, 6) is -0.522. The highest BCUT2D eigenvalue weighted by atomic mass is 35.5. The molecular formula is C20H19ClF3N5OS2. The Kier molecular flexibility index (Phi) is 6.53. The Morgan fingerprint density at radius 2 is 1.97 bits per heavy atom. The number of carbonyl (C=O) groups excluding carboxylic acids is 1. The van der Waals surface area contributed by atoms with Crippen molar-refractivity contribution in [3.63, 3.8) is 0 Å². The van der Waals surface area contributed by atoms with Gasteiger partial charge in [0.15, 0.2) is 5.13 Å². The number of anilines is 1. The summed E-state index contributed by atoms with van der Waals surface area (Å²) in [5, 5.41) is 4.21.